The topological polar surface area (TPSA) is 38.4 Å². The van der Waals surface area contributed by atoms with Crippen LogP contribution in [0.15, 0.2) is 245 Å². The normalized spacial score (nSPS) is 23.7. The van der Waals surface area contributed by atoms with Gasteiger partial charge in [0.15, 0.2) is 0 Å². The fraction of sp³-hybridized carbons (Fsp3) is 0.0303. The van der Waals surface area contributed by atoms with E-state index in [2.05, 4.69) is 9.98 Å². The van der Waals surface area contributed by atoms with Crippen LogP contribution in [0, 0.1) is 5.92 Å². The molecule has 0 fully saturated rings. The summed E-state index contributed by atoms with van der Waals surface area (Å²) in [5.41, 5.74) is -11.0. The lowest BCUT2D eigenvalue weighted by atomic mass is 9.84. The molecule has 1 aliphatic heterocycles. The highest BCUT2D eigenvalue weighted by atomic mass is 16.3. The summed E-state index contributed by atoms with van der Waals surface area (Å²) in [6.45, 7) is 0. The first-order valence-corrected chi connectivity index (χ1v) is 20.6. The van der Waals surface area contributed by atoms with Gasteiger partial charge >= 0.3 is 0 Å². The van der Waals surface area contributed by atoms with E-state index in [1.54, 1.807) is 0 Å². The van der Waals surface area contributed by atoms with Gasteiger partial charge in [0.05, 0.1) is 64.9 Å². The maximum atomic E-state index is 10.5. The smallest absolute Gasteiger partial charge is 0.143 e. The van der Waals surface area contributed by atoms with Crippen LogP contribution < -0.4 is 0 Å². The second-order valence-corrected chi connectivity index (χ2v) is 15.3. The summed E-state index contributed by atoms with van der Waals surface area (Å²) in [6.07, 6.45) is -0.818. The SMILES string of the molecule is [2H]C1=C([2H])C2C([2H])=C([2H])c3c(nc([2H])c([2H])c3[2H])C2N=C1c1c([2H])c([2H])c(-c2c([2H])c([2H])c(-c3oc(-c4c([2H])c([2H])cc5c([2H])c([2H])c([2H])c([2H])c45)c(-c4c([2H])c([2H])c([2H])c5c([2H])c([2H])c([2H])c([2H])c45)c3-c3c([2H])c([2H])c([2H])c4c([2H])c([2H])c([2H])c([2H])c34)c3c([2H])c([2H])c([2H])c([2H])c23)c2c([2H])c([2H])c([2H])c([2H])c12. The minimum Gasteiger partial charge on any atom is -0.455 e. The van der Waals surface area contributed by atoms with Gasteiger partial charge in [0, 0.05) is 39.9 Å². The van der Waals surface area contributed by atoms with E-state index in [0.717, 1.165) is 6.07 Å². The Labute approximate surface area is 454 Å². The Kier molecular flexibility index (Phi) is 3.84. The predicted octanol–water partition coefficient (Wildman–Crippen LogP) is 17.5. The summed E-state index contributed by atoms with van der Waals surface area (Å²) in [5, 5.41) is -8.80. The Balaban J connectivity index is 1.26. The predicted molar refractivity (Wildman–Crippen MR) is 289 cm³/mol. The highest BCUT2D eigenvalue weighted by Gasteiger charge is 2.31. The van der Waals surface area contributed by atoms with Crippen molar-refractivity contribution in [2.75, 3.05) is 0 Å². The molecule has 69 heavy (non-hydrogen) atoms. The number of rotatable bonds is 6. The van der Waals surface area contributed by atoms with Gasteiger partial charge in [-0.2, -0.15) is 0 Å². The number of aliphatic imine (C=N–C) groups is 1. The molecule has 2 aliphatic rings. The fourth-order valence-corrected chi connectivity index (χ4v) is 8.59. The molecule has 0 amide bonds. The van der Waals surface area contributed by atoms with Gasteiger partial charge in [0.2, 0.25) is 0 Å². The Morgan fingerprint density at radius 2 is 0.841 bits per heavy atom. The lowest BCUT2D eigenvalue weighted by molar-refractivity contribution is 0.591. The lowest BCUT2D eigenvalue weighted by Gasteiger charge is -2.27. The molecule has 3 nitrogen and oxygen atoms in total. The second kappa shape index (κ2) is 15.9. The maximum Gasteiger partial charge on any atom is 0.143 e. The van der Waals surface area contributed by atoms with Gasteiger partial charge < -0.3 is 4.42 Å². The van der Waals surface area contributed by atoms with Crippen LogP contribution in [0.5, 0.6) is 0 Å². The summed E-state index contributed by atoms with van der Waals surface area (Å²) in [7, 11) is 0. The number of aromatic nitrogens is 1. The Bertz CT molecular complexity index is 6470. The average molecular weight is 918 g/mol. The number of furan rings is 1. The third-order valence-electron chi connectivity index (χ3n) is 11.6. The molecule has 0 spiro atoms. The largest absolute Gasteiger partial charge is 0.455 e. The summed E-state index contributed by atoms with van der Waals surface area (Å²) in [6, 6.07) is -41.8. The van der Waals surface area contributed by atoms with E-state index >= 15 is 0 Å². The van der Waals surface area contributed by atoms with Crippen LogP contribution >= 0.6 is 0 Å². The highest BCUT2D eigenvalue weighted by molar-refractivity contribution is 6.21. The molecule has 322 valence electrons. The molecule has 3 heteroatoms. The van der Waals surface area contributed by atoms with Gasteiger partial charge in [0.25, 0.3) is 0 Å². The molecule has 3 heterocycles. The van der Waals surface area contributed by atoms with Crippen molar-refractivity contribution in [1.82, 2.24) is 4.98 Å². The molecule has 2 unspecified atom stereocenters. The van der Waals surface area contributed by atoms with E-state index in [0.29, 0.717) is 0 Å². The molecular weight excluding hydrogens is 837 g/mol. The monoisotopic (exact) mass is 918 g/mol. The third-order valence-corrected chi connectivity index (χ3v) is 11.6. The van der Waals surface area contributed by atoms with E-state index < -0.39 is 380 Å². The molecule has 14 rings (SSSR count). The first-order valence-electron chi connectivity index (χ1n) is 40.1. The van der Waals surface area contributed by atoms with Gasteiger partial charge in [-0.3, -0.25) is 9.98 Å². The van der Waals surface area contributed by atoms with E-state index in [4.69, 9.17) is 23.6 Å². The number of hydrogen-bond donors (Lipinski definition) is 0. The van der Waals surface area contributed by atoms with Crippen LogP contribution in [0.2, 0.25) is 0 Å². The first-order chi connectivity index (χ1) is 50.4. The molecule has 12 aromatic rings. The number of dihydropyridines is 1. The number of benzene rings is 10. The van der Waals surface area contributed by atoms with Crippen molar-refractivity contribution in [2.24, 2.45) is 10.9 Å². The Morgan fingerprint density at radius 1 is 0.377 bits per heavy atom. The molecule has 0 saturated carbocycles. The zero-order valence-corrected chi connectivity index (χ0v) is 34.5. The zero-order valence-electron chi connectivity index (χ0n) is 73.5. The summed E-state index contributed by atoms with van der Waals surface area (Å²) >= 11 is 0. The van der Waals surface area contributed by atoms with Crippen molar-refractivity contribution >= 4 is 65.6 Å². The first kappa shape index (κ1) is 16.7. The quantitative estimate of drug-likeness (QED) is 0.167. The van der Waals surface area contributed by atoms with Crippen LogP contribution in [0.3, 0.4) is 0 Å². The third kappa shape index (κ3) is 6.28. The van der Waals surface area contributed by atoms with Gasteiger partial charge in [-0.05, 0) is 99.8 Å². The van der Waals surface area contributed by atoms with Gasteiger partial charge in [-0.1, -0.05) is 218 Å². The molecule has 10 aromatic carbocycles. The summed E-state index contributed by atoms with van der Waals surface area (Å²) in [4.78, 5) is 8.71. The molecular formula is C66H42N2O. The van der Waals surface area contributed by atoms with Gasteiger partial charge in [-0.15, -0.1) is 0 Å². The standard InChI is InChI=1S/C66H42N2O/c1-4-22-46-41(15-1)18-11-29-56(46)61-62(57-30-12-19-42-16-2-5-23-47(42)57)66(69-65(61)58-31-13-20-43-17-3-6-24-48(43)58)59-38-36-54(50-26-8-10-28-52(50)59)53-35-37-55(51-27-9-7-25-49(51)53)60-39-34-45-33-32-44-21-14-40-67-63(44)64(45)68-60/h1-40,45,64H/i1D,2D,3D,4D,5D,6D,7D,8D,9D,10D,11D,12D,13D,14D,15D,16D,17D,18D,19D,21D,22D,23D,24D,25D,26D,27D,28D,29D,30D,31D,32D,33D,34D,35D,36D,37D,38D,39D,40D. The molecule has 2 atom stereocenters. The summed E-state index contributed by atoms with van der Waals surface area (Å²) < 4.78 is 372. The lowest BCUT2D eigenvalue weighted by Crippen LogP contribution is -2.19. The number of nitrogens with zero attached hydrogens (tertiary/aromatic N) is 2. The van der Waals surface area contributed by atoms with Crippen LogP contribution in [-0.2, 0) is 0 Å². The van der Waals surface area contributed by atoms with Gasteiger partial charge in [0.1, 0.15) is 17.6 Å². The molecule has 0 N–H and O–H groups in total. The van der Waals surface area contributed by atoms with Crippen LogP contribution in [-0.4, -0.2) is 10.7 Å². The van der Waals surface area contributed by atoms with Gasteiger partial charge in [-0.25, -0.2) is 0 Å². The highest BCUT2D eigenvalue weighted by Crippen LogP contribution is 2.54. The number of pyridine rings is 1. The van der Waals surface area contributed by atoms with Crippen molar-refractivity contribution < 1.29 is 57.9 Å². The van der Waals surface area contributed by atoms with Crippen molar-refractivity contribution in [3.05, 3.63) is 253 Å². The molecule has 1 aliphatic carbocycles. The zero-order chi connectivity index (χ0) is 79.4. The van der Waals surface area contributed by atoms with Crippen molar-refractivity contribution in [2.45, 2.75) is 6.04 Å². The van der Waals surface area contributed by atoms with Crippen LogP contribution in [0.1, 0.15) is 76.3 Å². The number of fused-ring (bicyclic) bond motifs is 8. The minimum atomic E-state index is -1.74. The fourth-order valence-electron chi connectivity index (χ4n) is 8.59. The Hall–Kier alpha value is -8.92. The van der Waals surface area contributed by atoms with Crippen molar-refractivity contribution in [3.8, 4) is 56.0 Å². The number of allylic oxidation sites excluding steroid dienone is 1. The van der Waals surface area contributed by atoms with Crippen molar-refractivity contribution in [1.29, 1.82) is 0 Å². The Morgan fingerprint density at radius 3 is 1.48 bits per heavy atom. The van der Waals surface area contributed by atoms with E-state index in [9.17, 15) is 34.3 Å². The van der Waals surface area contributed by atoms with Crippen molar-refractivity contribution in [3.63, 3.8) is 0 Å². The molecule has 0 radical (unpaired) electrons. The maximum absolute atomic E-state index is 10.5. The van der Waals surface area contributed by atoms with E-state index in [1.165, 1.54) is 0 Å². The number of hydrogen-bond acceptors (Lipinski definition) is 3. The van der Waals surface area contributed by atoms with Crippen LogP contribution in [0.4, 0.5) is 0 Å². The van der Waals surface area contributed by atoms with E-state index in [-0.39, 0.29) is 0 Å². The second-order valence-electron chi connectivity index (χ2n) is 15.3. The minimum absolute atomic E-state index is 0.423. The van der Waals surface area contributed by atoms with E-state index in [1.807, 2.05) is 0 Å². The average Bonchev–Trinajstić information content (AvgIpc) is 1.31. The molecule has 2 aromatic heterocycles. The molecule has 0 bridgehead atoms. The molecule has 0 saturated heterocycles. The summed E-state index contributed by atoms with van der Waals surface area (Å²) in [5.74, 6) is -4.08. The van der Waals surface area contributed by atoms with Crippen LogP contribution in [0.25, 0.3) is 116 Å².